The molecule has 0 aliphatic carbocycles. The van der Waals surface area contributed by atoms with Gasteiger partial charge in [-0.3, -0.25) is 0 Å². The molecule has 0 amide bonds. The summed E-state index contributed by atoms with van der Waals surface area (Å²) in [5.41, 5.74) is 1.04. The fourth-order valence-electron chi connectivity index (χ4n) is 1.87. The highest BCUT2D eigenvalue weighted by atomic mass is 79.9. The van der Waals surface area contributed by atoms with Gasteiger partial charge in [-0.15, -0.1) is 0 Å². The molecule has 0 radical (unpaired) electrons. The van der Waals surface area contributed by atoms with E-state index in [1.165, 1.54) is 4.31 Å². The van der Waals surface area contributed by atoms with Gasteiger partial charge < -0.3 is 10.1 Å². The van der Waals surface area contributed by atoms with Crippen molar-refractivity contribution >= 4 is 26.0 Å². The van der Waals surface area contributed by atoms with Crippen LogP contribution >= 0.6 is 15.9 Å². The van der Waals surface area contributed by atoms with Crippen LogP contribution in [0, 0.1) is 0 Å². The zero-order valence-electron chi connectivity index (χ0n) is 12.9. The molecule has 1 N–H and O–H groups in total. The number of rotatable bonds is 8. The Kier molecular flexibility index (Phi) is 7.29. The maximum atomic E-state index is 12.6. The maximum Gasteiger partial charge on any atom is 0.244 e. The molecular formula is C14H23BrN2O3S. The van der Waals surface area contributed by atoms with Gasteiger partial charge in [0.05, 0.1) is 11.5 Å². The molecule has 0 aliphatic heterocycles. The highest BCUT2D eigenvalue weighted by Crippen LogP contribution is 2.26. The first-order chi connectivity index (χ1) is 9.84. The Balaban J connectivity index is 3.03. The van der Waals surface area contributed by atoms with Gasteiger partial charge in [-0.2, -0.15) is 4.31 Å². The Hall–Kier alpha value is -0.470. The number of nitrogens with one attached hydrogen (secondary N) is 1. The van der Waals surface area contributed by atoms with Crippen LogP contribution in [0.3, 0.4) is 0 Å². The van der Waals surface area contributed by atoms with Crippen LogP contribution in [0.4, 0.5) is 0 Å². The van der Waals surface area contributed by atoms with Crippen LogP contribution < -0.4 is 5.32 Å². The second-order valence-electron chi connectivity index (χ2n) is 4.87. The lowest BCUT2D eigenvalue weighted by atomic mass is 10.2. The lowest BCUT2D eigenvalue weighted by Crippen LogP contribution is -2.37. The number of likely N-dealkylation sites (N-methyl/N-ethyl adjacent to an activating group) is 1. The van der Waals surface area contributed by atoms with Crippen molar-refractivity contribution in [2.75, 3.05) is 27.3 Å². The number of hydrogen-bond acceptors (Lipinski definition) is 4. The Morgan fingerprint density at radius 3 is 2.62 bits per heavy atom. The summed E-state index contributed by atoms with van der Waals surface area (Å²) in [6.07, 6.45) is 0. The van der Waals surface area contributed by atoms with Gasteiger partial charge in [0, 0.05) is 31.2 Å². The number of halogens is 1. The topological polar surface area (TPSA) is 58.6 Å². The van der Waals surface area contributed by atoms with E-state index in [0.29, 0.717) is 17.6 Å². The summed E-state index contributed by atoms with van der Waals surface area (Å²) in [5, 5.41) is 3.21. The zero-order valence-corrected chi connectivity index (χ0v) is 15.3. The van der Waals surface area contributed by atoms with E-state index in [-0.39, 0.29) is 10.9 Å². The third-order valence-corrected chi connectivity index (χ3v) is 6.21. The van der Waals surface area contributed by atoms with E-state index < -0.39 is 10.0 Å². The third kappa shape index (κ3) is 4.75. The van der Waals surface area contributed by atoms with E-state index in [2.05, 4.69) is 21.2 Å². The molecule has 0 bridgehead atoms. The van der Waals surface area contributed by atoms with Crippen molar-refractivity contribution in [3.63, 3.8) is 0 Å². The van der Waals surface area contributed by atoms with Gasteiger partial charge in [0.1, 0.15) is 0 Å². The number of methoxy groups -OCH3 is 1. The Morgan fingerprint density at radius 2 is 2.10 bits per heavy atom. The predicted molar refractivity (Wildman–Crippen MR) is 87.8 cm³/mol. The minimum absolute atomic E-state index is 0.228. The highest BCUT2D eigenvalue weighted by Gasteiger charge is 2.27. The van der Waals surface area contributed by atoms with Crippen LogP contribution in [0.15, 0.2) is 27.6 Å². The molecule has 0 aromatic heterocycles. The van der Waals surface area contributed by atoms with Gasteiger partial charge in [-0.25, -0.2) is 8.42 Å². The summed E-state index contributed by atoms with van der Waals surface area (Å²) in [6.45, 7) is 5.78. The quantitative estimate of drug-likeness (QED) is 0.753. The zero-order chi connectivity index (χ0) is 16.0. The molecule has 1 unspecified atom stereocenters. The number of hydrogen-bond donors (Lipinski definition) is 1. The van der Waals surface area contributed by atoms with Crippen LogP contribution in [0.2, 0.25) is 0 Å². The molecule has 0 aliphatic rings. The van der Waals surface area contributed by atoms with Crippen molar-refractivity contribution < 1.29 is 13.2 Å². The molecule has 1 atom stereocenters. The summed E-state index contributed by atoms with van der Waals surface area (Å²) in [4.78, 5) is 0.271. The lowest BCUT2D eigenvalue weighted by molar-refractivity contribution is 0.149. The van der Waals surface area contributed by atoms with Crippen molar-refractivity contribution in [2.45, 2.75) is 31.3 Å². The first kappa shape index (κ1) is 18.6. The first-order valence-corrected chi connectivity index (χ1v) is 9.04. The minimum Gasteiger partial charge on any atom is -0.383 e. The molecule has 1 aromatic carbocycles. The van der Waals surface area contributed by atoms with Crippen molar-refractivity contribution in [1.29, 1.82) is 0 Å². The molecule has 0 saturated carbocycles. The first-order valence-electron chi connectivity index (χ1n) is 6.80. The van der Waals surface area contributed by atoms with E-state index in [0.717, 1.165) is 12.1 Å². The van der Waals surface area contributed by atoms with Crippen molar-refractivity contribution in [2.24, 2.45) is 0 Å². The molecule has 7 heteroatoms. The normalized spacial score (nSPS) is 13.6. The van der Waals surface area contributed by atoms with E-state index in [9.17, 15) is 8.42 Å². The maximum absolute atomic E-state index is 12.6. The van der Waals surface area contributed by atoms with E-state index in [1.807, 2.05) is 26.0 Å². The van der Waals surface area contributed by atoms with Gasteiger partial charge in [-0.1, -0.05) is 13.0 Å². The SMILES string of the molecule is CCNCc1ccc(S(=O)(=O)N(C)C(C)COC)c(Br)c1. The largest absolute Gasteiger partial charge is 0.383 e. The van der Waals surface area contributed by atoms with Gasteiger partial charge in [0.25, 0.3) is 0 Å². The lowest BCUT2D eigenvalue weighted by Gasteiger charge is -2.24. The Morgan fingerprint density at radius 1 is 1.43 bits per heavy atom. The molecular weight excluding hydrogens is 356 g/mol. The van der Waals surface area contributed by atoms with Gasteiger partial charge >= 0.3 is 0 Å². The van der Waals surface area contributed by atoms with Gasteiger partial charge in [0.2, 0.25) is 10.0 Å². The predicted octanol–water partition coefficient (Wildman–Crippen LogP) is 2.21. The molecule has 5 nitrogen and oxygen atoms in total. The fraction of sp³-hybridized carbons (Fsp3) is 0.571. The Labute approximate surface area is 135 Å². The summed E-state index contributed by atoms with van der Waals surface area (Å²) < 4.78 is 32.2. The third-order valence-electron chi connectivity index (χ3n) is 3.26. The Bertz CT molecular complexity index is 563. The van der Waals surface area contributed by atoms with Gasteiger partial charge in [0.15, 0.2) is 0 Å². The van der Waals surface area contributed by atoms with Gasteiger partial charge in [-0.05, 0) is 47.1 Å². The van der Waals surface area contributed by atoms with Crippen LogP contribution in [-0.2, 0) is 21.3 Å². The molecule has 0 fully saturated rings. The number of nitrogens with zero attached hydrogens (tertiary/aromatic N) is 1. The highest BCUT2D eigenvalue weighted by molar-refractivity contribution is 9.10. The number of ether oxygens (including phenoxy) is 1. The second kappa shape index (κ2) is 8.24. The molecule has 1 aromatic rings. The van der Waals surface area contributed by atoms with E-state index in [1.54, 1.807) is 20.2 Å². The average Bonchev–Trinajstić information content (AvgIpc) is 2.44. The standard InChI is InChI=1S/C14H23BrN2O3S/c1-5-16-9-12-6-7-14(13(15)8-12)21(18,19)17(3)11(2)10-20-4/h6-8,11,16H,5,9-10H2,1-4H3. The smallest absolute Gasteiger partial charge is 0.244 e. The fourth-order valence-corrected chi connectivity index (χ4v) is 4.30. The van der Waals surface area contributed by atoms with Crippen LogP contribution in [0.5, 0.6) is 0 Å². The molecule has 0 spiro atoms. The molecule has 0 heterocycles. The number of benzene rings is 1. The molecule has 120 valence electrons. The van der Waals surface area contributed by atoms with Crippen LogP contribution in [-0.4, -0.2) is 46.1 Å². The molecule has 0 saturated heterocycles. The molecule has 21 heavy (non-hydrogen) atoms. The van der Waals surface area contributed by atoms with Crippen LogP contribution in [0.25, 0.3) is 0 Å². The van der Waals surface area contributed by atoms with Crippen LogP contribution in [0.1, 0.15) is 19.4 Å². The second-order valence-corrected chi connectivity index (χ2v) is 7.69. The van der Waals surface area contributed by atoms with Crippen molar-refractivity contribution in [3.8, 4) is 0 Å². The number of sulfonamides is 1. The monoisotopic (exact) mass is 378 g/mol. The summed E-state index contributed by atoms with van der Waals surface area (Å²) in [5.74, 6) is 0. The van der Waals surface area contributed by atoms with Crippen molar-refractivity contribution in [3.05, 3.63) is 28.2 Å². The summed E-state index contributed by atoms with van der Waals surface area (Å²) in [7, 11) is -0.417. The average molecular weight is 379 g/mol. The summed E-state index contributed by atoms with van der Waals surface area (Å²) >= 11 is 3.37. The minimum atomic E-state index is -3.54. The summed E-state index contributed by atoms with van der Waals surface area (Å²) in [6, 6.07) is 5.08. The van der Waals surface area contributed by atoms with Crippen molar-refractivity contribution in [1.82, 2.24) is 9.62 Å². The molecule has 1 rings (SSSR count). The van der Waals surface area contributed by atoms with E-state index in [4.69, 9.17) is 4.74 Å². The van der Waals surface area contributed by atoms with E-state index >= 15 is 0 Å².